The second kappa shape index (κ2) is 7.02. The molecule has 1 aromatic rings. The molecule has 0 radical (unpaired) electrons. The molecule has 1 amide bonds. The Kier molecular flexibility index (Phi) is 5.09. The fourth-order valence-electron chi connectivity index (χ4n) is 2.37. The predicted octanol–water partition coefficient (Wildman–Crippen LogP) is 2.16. The fourth-order valence-corrected chi connectivity index (χ4v) is 2.37. The van der Waals surface area contributed by atoms with Crippen molar-refractivity contribution in [2.24, 2.45) is 5.92 Å². The lowest BCUT2D eigenvalue weighted by Crippen LogP contribution is -2.38. The molecule has 1 saturated carbocycles. The van der Waals surface area contributed by atoms with Crippen LogP contribution in [0.1, 0.15) is 24.3 Å². The van der Waals surface area contributed by atoms with Crippen molar-refractivity contribution in [1.29, 1.82) is 0 Å². The van der Waals surface area contributed by atoms with E-state index in [1.807, 2.05) is 0 Å². The van der Waals surface area contributed by atoms with Gasteiger partial charge in [-0.3, -0.25) is 4.79 Å². The molecule has 21 heavy (non-hydrogen) atoms. The Morgan fingerprint density at radius 1 is 1.33 bits per heavy atom. The van der Waals surface area contributed by atoms with Crippen molar-refractivity contribution in [3.05, 3.63) is 47.8 Å². The molecule has 0 bridgehead atoms. The molecule has 0 aromatic heterocycles. The van der Waals surface area contributed by atoms with Crippen molar-refractivity contribution in [3.8, 4) is 0 Å². The number of nitrogens with one attached hydrogen (secondary N) is 1. The zero-order valence-electron chi connectivity index (χ0n) is 11.8. The number of carbonyl (C=O) groups excluding carboxylic acids is 2. The van der Waals surface area contributed by atoms with Crippen molar-refractivity contribution in [2.45, 2.75) is 18.8 Å². The van der Waals surface area contributed by atoms with Crippen molar-refractivity contribution < 1.29 is 18.7 Å². The van der Waals surface area contributed by atoms with E-state index in [1.165, 1.54) is 25.3 Å². The van der Waals surface area contributed by atoms with Gasteiger partial charge in [0.15, 0.2) is 0 Å². The predicted molar refractivity (Wildman–Crippen MR) is 76.0 cm³/mol. The van der Waals surface area contributed by atoms with E-state index in [9.17, 15) is 14.0 Å². The van der Waals surface area contributed by atoms with Crippen LogP contribution < -0.4 is 5.32 Å². The molecule has 5 heteroatoms. The summed E-state index contributed by atoms with van der Waals surface area (Å²) in [6, 6.07) is 6.43. The Morgan fingerprint density at radius 3 is 2.62 bits per heavy atom. The highest BCUT2D eigenvalue weighted by molar-refractivity contribution is 5.82. The van der Waals surface area contributed by atoms with Gasteiger partial charge in [0, 0.05) is 18.5 Å². The molecule has 0 aliphatic heterocycles. The van der Waals surface area contributed by atoms with Crippen LogP contribution in [0.15, 0.2) is 36.4 Å². The molecular formula is C16H18FNO3. The van der Waals surface area contributed by atoms with Gasteiger partial charge in [-0.2, -0.15) is 0 Å². The highest BCUT2D eigenvalue weighted by Gasteiger charge is 2.34. The lowest BCUT2D eigenvalue weighted by molar-refractivity contribution is -0.135. The zero-order valence-corrected chi connectivity index (χ0v) is 11.8. The molecule has 1 N–H and O–H groups in total. The third-order valence-electron chi connectivity index (χ3n) is 3.70. The van der Waals surface area contributed by atoms with E-state index in [0.29, 0.717) is 12.5 Å². The molecule has 0 saturated heterocycles. The van der Waals surface area contributed by atoms with Gasteiger partial charge in [0.1, 0.15) is 5.82 Å². The molecule has 0 atom stereocenters. The highest BCUT2D eigenvalue weighted by atomic mass is 19.1. The van der Waals surface area contributed by atoms with Gasteiger partial charge >= 0.3 is 5.97 Å². The van der Waals surface area contributed by atoms with Crippen molar-refractivity contribution in [1.82, 2.24) is 5.32 Å². The second-order valence-corrected chi connectivity index (χ2v) is 5.09. The van der Waals surface area contributed by atoms with Gasteiger partial charge < -0.3 is 10.1 Å². The number of ether oxygens (including phenoxy) is 1. The summed E-state index contributed by atoms with van der Waals surface area (Å²) < 4.78 is 17.3. The van der Waals surface area contributed by atoms with Crippen LogP contribution in [-0.4, -0.2) is 25.5 Å². The van der Waals surface area contributed by atoms with Crippen molar-refractivity contribution >= 4 is 11.9 Å². The maximum atomic E-state index is 12.8. The van der Waals surface area contributed by atoms with Crippen LogP contribution in [0.5, 0.6) is 0 Å². The molecule has 112 valence electrons. The largest absolute Gasteiger partial charge is 0.466 e. The molecule has 4 nitrogen and oxygen atoms in total. The monoisotopic (exact) mass is 291 g/mol. The van der Waals surface area contributed by atoms with E-state index in [4.69, 9.17) is 0 Å². The van der Waals surface area contributed by atoms with E-state index < -0.39 is 5.97 Å². The van der Waals surface area contributed by atoms with Crippen LogP contribution in [-0.2, 0) is 14.3 Å². The number of hydrogen-bond donors (Lipinski definition) is 1. The lowest BCUT2D eigenvalue weighted by Gasteiger charge is -2.34. The SMILES string of the molecule is COC(=O)/C=C/CNC(=O)C1CC(c2ccc(F)cc2)C1. The summed E-state index contributed by atoms with van der Waals surface area (Å²) in [7, 11) is 1.30. The smallest absolute Gasteiger partial charge is 0.330 e. The number of amides is 1. The molecule has 1 aliphatic carbocycles. The minimum Gasteiger partial charge on any atom is -0.466 e. The normalized spacial score (nSPS) is 20.9. The Balaban J connectivity index is 1.71. The van der Waals surface area contributed by atoms with Crippen molar-refractivity contribution in [2.75, 3.05) is 13.7 Å². The molecule has 1 aliphatic rings. The van der Waals surface area contributed by atoms with Crippen LogP contribution in [0.25, 0.3) is 0 Å². The van der Waals surface area contributed by atoms with E-state index >= 15 is 0 Å². The average molecular weight is 291 g/mol. The molecular weight excluding hydrogens is 273 g/mol. The molecule has 0 unspecified atom stereocenters. The van der Waals surface area contributed by atoms with E-state index in [2.05, 4.69) is 10.1 Å². The number of carbonyl (C=O) groups is 2. The molecule has 2 rings (SSSR count). The standard InChI is InChI=1S/C16H18FNO3/c1-21-15(19)3-2-8-18-16(20)13-9-12(10-13)11-4-6-14(17)7-5-11/h2-7,12-13H,8-10H2,1H3,(H,18,20)/b3-2+. The number of benzene rings is 1. The van der Waals surface area contributed by atoms with Crippen LogP contribution in [0.2, 0.25) is 0 Å². The van der Waals surface area contributed by atoms with Gasteiger partial charge in [-0.05, 0) is 36.5 Å². The maximum absolute atomic E-state index is 12.8. The summed E-state index contributed by atoms with van der Waals surface area (Å²) in [4.78, 5) is 22.7. The number of rotatable bonds is 5. The maximum Gasteiger partial charge on any atom is 0.330 e. The topological polar surface area (TPSA) is 55.4 Å². The number of hydrogen-bond acceptors (Lipinski definition) is 3. The third kappa shape index (κ3) is 4.15. The van der Waals surface area contributed by atoms with Gasteiger partial charge in [0.25, 0.3) is 0 Å². The Labute approximate surface area is 123 Å². The summed E-state index contributed by atoms with van der Waals surface area (Å²) in [5.41, 5.74) is 1.08. The molecule has 1 fully saturated rings. The summed E-state index contributed by atoms with van der Waals surface area (Å²) in [5.74, 6) is -0.379. The average Bonchev–Trinajstić information content (AvgIpc) is 2.43. The van der Waals surface area contributed by atoms with Gasteiger partial charge in [0.2, 0.25) is 5.91 Å². The van der Waals surface area contributed by atoms with Gasteiger partial charge in [-0.1, -0.05) is 18.2 Å². The van der Waals surface area contributed by atoms with E-state index in [1.54, 1.807) is 18.2 Å². The minimum atomic E-state index is -0.440. The number of halogens is 1. The van der Waals surface area contributed by atoms with Gasteiger partial charge in [0.05, 0.1) is 7.11 Å². The Bertz CT molecular complexity index is 533. The highest BCUT2D eigenvalue weighted by Crippen LogP contribution is 2.41. The van der Waals surface area contributed by atoms with Gasteiger partial charge in [-0.25, -0.2) is 9.18 Å². The van der Waals surface area contributed by atoms with Crippen molar-refractivity contribution in [3.63, 3.8) is 0 Å². The summed E-state index contributed by atoms with van der Waals surface area (Å²) in [6.45, 7) is 0.311. The third-order valence-corrected chi connectivity index (χ3v) is 3.70. The first kappa shape index (κ1) is 15.2. The summed E-state index contributed by atoms with van der Waals surface area (Å²) in [6.07, 6.45) is 4.39. The van der Waals surface area contributed by atoms with E-state index in [-0.39, 0.29) is 17.6 Å². The summed E-state index contributed by atoms with van der Waals surface area (Å²) in [5, 5.41) is 2.75. The first-order valence-corrected chi connectivity index (χ1v) is 6.88. The Morgan fingerprint density at radius 2 is 2.00 bits per heavy atom. The number of esters is 1. The van der Waals surface area contributed by atoms with Crippen LogP contribution in [0.3, 0.4) is 0 Å². The first-order chi connectivity index (χ1) is 10.1. The van der Waals surface area contributed by atoms with Crippen LogP contribution in [0, 0.1) is 11.7 Å². The molecule has 1 aromatic carbocycles. The summed E-state index contributed by atoms with van der Waals surface area (Å²) >= 11 is 0. The van der Waals surface area contributed by atoms with E-state index in [0.717, 1.165) is 18.4 Å². The minimum absolute atomic E-state index is 0.00780. The quantitative estimate of drug-likeness (QED) is 0.668. The number of methoxy groups -OCH3 is 1. The van der Waals surface area contributed by atoms with Crippen LogP contribution >= 0.6 is 0 Å². The second-order valence-electron chi connectivity index (χ2n) is 5.09. The van der Waals surface area contributed by atoms with Gasteiger partial charge in [-0.15, -0.1) is 0 Å². The van der Waals surface area contributed by atoms with Crippen LogP contribution in [0.4, 0.5) is 4.39 Å². The Hall–Kier alpha value is -2.17. The fraction of sp³-hybridized carbons (Fsp3) is 0.375. The zero-order chi connectivity index (χ0) is 15.2. The molecule has 0 spiro atoms. The first-order valence-electron chi connectivity index (χ1n) is 6.88. The lowest BCUT2D eigenvalue weighted by atomic mass is 9.71. The molecule has 0 heterocycles.